The Morgan fingerprint density at radius 2 is 2.04 bits per heavy atom. The third-order valence-electron chi connectivity index (χ3n) is 6.26. The van der Waals surface area contributed by atoms with Crippen molar-refractivity contribution in [2.24, 2.45) is 11.1 Å². The van der Waals surface area contributed by atoms with Gasteiger partial charge >= 0.3 is 0 Å². The van der Waals surface area contributed by atoms with Crippen molar-refractivity contribution in [2.75, 3.05) is 23.7 Å². The van der Waals surface area contributed by atoms with E-state index in [4.69, 9.17) is 28.1 Å². The summed E-state index contributed by atoms with van der Waals surface area (Å²) in [5.41, 5.74) is 15.0. The number of nitrogens with one attached hydrogen (secondary N) is 1. The van der Waals surface area contributed by atoms with Gasteiger partial charge in [0.05, 0.1) is 16.9 Å². The molecule has 5 N–H and O–H groups in total. The SMILES string of the molecule is Nc1nccc(-c2[nH]nc3nc(N4CCC5(CC[C@H]5N)CC4)cnc23)c1Cl. The molecule has 1 spiro atoms. The lowest BCUT2D eigenvalue weighted by atomic mass is 9.60. The standard InChI is InChI=1S/C18H21ClN8/c19-13-10(2-6-22-16(13)21)14-15-17(26-25-14)24-12(9-23-15)27-7-4-18(5-8-27)3-1-11(18)20/h2,6,9,11H,1,3-5,7-8,20H2,(H2,21,22)(H,24,25,26)/t11-/m1/s1. The largest absolute Gasteiger partial charge is 0.382 e. The van der Waals surface area contributed by atoms with Crippen LogP contribution >= 0.6 is 11.6 Å². The fraction of sp³-hybridized carbons (Fsp3) is 0.444. The van der Waals surface area contributed by atoms with Gasteiger partial charge in [0.1, 0.15) is 17.2 Å². The van der Waals surface area contributed by atoms with E-state index in [0.29, 0.717) is 38.9 Å². The minimum Gasteiger partial charge on any atom is -0.382 e. The summed E-state index contributed by atoms with van der Waals surface area (Å²) in [5.74, 6) is 1.13. The smallest absolute Gasteiger partial charge is 0.202 e. The molecule has 8 nitrogen and oxygen atoms in total. The molecule has 5 rings (SSSR count). The molecule has 1 saturated heterocycles. The molecule has 1 atom stereocenters. The number of anilines is 2. The maximum absolute atomic E-state index is 6.29. The average molecular weight is 385 g/mol. The van der Waals surface area contributed by atoms with Gasteiger partial charge in [0.2, 0.25) is 5.65 Å². The summed E-state index contributed by atoms with van der Waals surface area (Å²) >= 11 is 6.29. The number of nitrogens with two attached hydrogens (primary N) is 2. The molecule has 4 heterocycles. The number of halogens is 1. The minimum atomic E-state index is 0.276. The van der Waals surface area contributed by atoms with Crippen LogP contribution < -0.4 is 16.4 Å². The molecule has 0 radical (unpaired) electrons. The maximum Gasteiger partial charge on any atom is 0.202 e. The zero-order valence-electron chi connectivity index (χ0n) is 14.8. The number of piperidine rings is 1. The van der Waals surface area contributed by atoms with E-state index < -0.39 is 0 Å². The van der Waals surface area contributed by atoms with Crippen LogP contribution in [0.5, 0.6) is 0 Å². The van der Waals surface area contributed by atoms with Crippen LogP contribution in [0, 0.1) is 5.41 Å². The van der Waals surface area contributed by atoms with Crippen LogP contribution in [0.1, 0.15) is 25.7 Å². The Balaban J connectivity index is 1.43. The second kappa shape index (κ2) is 6.03. The summed E-state index contributed by atoms with van der Waals surface area (Å²) in [6.45, 7) is 1.91. The lowest BCUT2D eigenvalue weighted by molar-refractivity contribution is 0.0610. The Kier molecular flexibility index (Phi) is 3.73. The minimum absolute atomic E-state index is 0.276. The lowest BCUT2D eigenvalue weighted by Gasteiger charge is -2.52. The Hall–Kier alpha value is -2.45. The normalized spacial score (nSPS) is 21.6. The molecule has 27 heavy (non-hydrogen) atoms. The highest BCUT2D eigenvalue weighted by Crippen LogP contribution is 2.48. The molecule has 0 unspecified atom stereocenters. The molecule has 0 amide bonds. The van der Waals surface area contributed by atoms with Crippen LogP contribution in [-0.2, 0) is 0 Å². The monoisotopic (exact) mass is 384 g/mol. The number of rotatable bonds is 2. The van der Waals surface area contributed by atoms with E-state index in [1.54, 1.807) is 18.5 Å². The van der Waals surface area contributed by atoms with E-state index in [-0.39, 0.29) is 5.82 Å². The van der Waals surface area contributed by atoms with Crippen LogP contribution in [0.2, 0.25) is 5.02 Å². The highest BCUT2D eigenvalue weighted by molar-refractivity contribution is 6.35. The van der Waals surface area contributed by atoms with Crippen molar-refractivity contribution in [3.63, 3.8) is 0 Å². The van der Waals surface area contributed by atoms with Crippen molar-refractivity contribution in [3.8, 4) is 11.3 Å². The quantitative estimate of drug-likeness (QED) is 0.619. The molecule has 3 aromatic rings. The van der Waals surface area contributed by atoms with Gasteiger partial charge in [0, 0.05) is 30.9 Å². The van der Waals surface area contributed by atoms with E-state index in [1.165, 1.54) is 6.42 Å². The molecule has 3 aromatic heterocycles. The van der Waals surface area contributed by atoms with Crippen LogP contribution in [0.25, 0.3) is 22.4 Å². The summed E-state index contributed by atoms with van der Waals surface area (Å²) < 4.78 is 0. The zero-order valence-corrected chi connectivity index (χ0v) is 15.6. The van der Waals surface area contributed by atoms with Crippen LogP contribution in [-0.4, -0.2) is 44.3 Å². The summed E-state index contributed by atoms with van der Waals surface area (Å²) in [4.78, 5) is 15.6. The first kappa shape index (κ1) is 16.7. The Bertz CT molecular complexity index is 1010. The maximum atomic E-state index is 6.29. The highest BCUT2D eigenvalue weighted by Gasteiger charge is 2.46. The van der Waals surface area contributed by atoms with Gasteiger partial charge in [-0.2, -0.15) is 5.10 Å². The van der Waals surface area contributed by atoms with Crippen molar-refractivity contribution in [3.05, 3.63) is 23.5 Å². The fourth-order valence-electron chi connectivity index (χ4n) is 4.30. The van der Waals surface area contributed by atoms with Crippen LogP contribution in [0.15, 0.2) is 18.5 Å². The molecule has 140 valence electrons. The first-order valence-electron chi connectivity index (χ1n) is 9.19. The average Bonchev–Trinajstić information content (AvgIpc) is 3.12. The molecule has 9 heteroatoms. The Morgan fingerprint density at radius 1 is 1.22 bits per heavy atom. The highest BCUT2D eigenvalue weighted by atomic mass is 35.5. The summed E-state index contributed by atoms with van der Waals surface area (Å²) in [5, 5.41) is 7.69. The van der Waals surface area contributed by atoms with E-state index in [9.17, 15) is 0 Å². The van der Waals surface area contributed by atoms with E-state index in [2.05, 4.69) is 25.1 Å². The van der Waals surface area contributed by atoms with Crippen molar-refractivity contribution in [1.82, 2.24) is 25.1 Å². The summed E-state index contributed by atoms with van der Waals surface area (Å²) in [7, 11) is 0. The fourth-order valence-corrected chi connectivity index (χ4v) is 4.51. The van der Waals surface area contributed by atoms with E-state index in [0.717, 1.165) is 38.2 Å². The van der Waals surface area contributed by atoms with E-state index >= 15 is 0 Å². The number of aromatic nitrogens is 5. The number of hydrogen-bond acceptors (Lipinski definition) is 7. The number of H-pyrrole nitrogens is 1. The van der Waals surface area contributed by atoms with Crippen molar-refractivity contribution < 1.29 is 0 Å². The second-order valence-corrected chi connectivity index (χ2v) is 7.93. The molecular weight excluding hydrogens is 364 g/mol. The number of nitrogens with zero attached hydrogens (tertiary/aromatic N) is 5. The molecule has 1 saturated carbocycles. The molecular formula is C18H21ClN8. The Morgan fingerprint density at radius 3 is 2.74 bits per heavy atom. The topological polar surface area (TPSA) is 123 Å². The lowest BCUT2D eigenvalue weighted by Crippen LogP contribution is -2.56. The summed E-state index contributed by atoms with van der Waals surface area (Å²) in [6, 6.07) is 2.15. The number of pyridine rings is 1. The van der Waals surface area contributed by atoms with E-state index in [1.807, 2.05) is 0 Å². The molecule has 0 bridgehead atoms. The Labute approximate surface area is 161 Å². The number of fused-ring (bicyclic) bond motifs is 1. The van der Waals surface area contributed by atoms with Crippen molar-refractivity contribution in [1.29, 1.82) is 0 Å². The van der Waals surface area contributed by atoms with Gasteiger partial charge < -0.3 is 16.4 Å². The summed E-state index contributed by atoms with van der Waals surface area (Å²) in [6.07, 6.45) is 8.06. The second-order valence-electron chi connectivity index (χ2n) is 7.55. The third kappa shape index (κ3) is 2.55. The molecule has 2 aliphatic rings. The molecule has 1 aliphatic carbocycles. The van der Waals surface area contributed by atoms with Crippen LogP contribution in [0.4, 0.5) is 11.6 Å². The van der Waals surface area contributed by atoms with Gasteiger partial charge in [-0.15, -0.1) is 0 Å². The molecule has 0 aromatic carbocycles. The van der Waals surface area contributed by atoms with Gasteiger partial charge in [-0.1, -0.05) is 11.6 Å². The van der Waals surface area contributed by atoms with Gasteiger partial charge in [-0.25, -0.2) is 15.0 Å². The van der Waals surface area contributed by atoms with Crippen molar-refractivity contribution in [2.45, 2.75) is 31.7 Å². The number of hydrogen-bond donors (Lipinski definition) is 3. The first-order chi connectivity index (χ1) is 13.1. The predicted molar refractivity (Wildman–Crippen MR) is 105 cm³/mol. The number of nitrogen functional groups attached to an aromatic ring is 1. The van der Waals surface area contributed by atoms with Gasteiger partial charge in [-0.05, 0) is 37.2 Å². The third-order valence-corrected chi connectivity index (χ3v) is 6.66. The van der Waals surface area contributed by atoms with Gasteiger partial charge in [0.15, 0.2) is 0 Å². The molecule has 1 aliphatic heterocycles. The van der Waals surface area contributed by atoms with Gasteiger partial charge in [0.25, 0.3) is 0 Å². The van der Waals surface area contributed by atoms with Crippen molar-refractivity contribution >= 4 is 34.4 Å². The molecule has 2 fully saturated rings. The van der Waals surface area contributed by atoms with Crippen LogP contribution in [0.3, 0.4) is 0 Å². The predicted octanol–water partition coefficient (Wildman–Crippen LogP) is 2.36. The zero-order chi connectivity index (χ0) is 18.6. The van der Waals surface area contributed by atoms with Gasteiger partial charge in [-0.3, -0.25) is 5.10 Å². The first-order valence-corrected chi connectivity index (χ1v) is 9.57. The number of aromatic amines is 1.